The summed E-state index contributed by atoms with van der Waals surface area (Å²) in [5.41, 5.74) is 1.60. The highest BCUT2D eigenvalue weighted by molar-refractivity contribution is 7.98. The van der Waals surface area contributed by atoms with Crippen LogP contribution in [0, 0.1) is 0 Å². The molecule has 0 spiro atoms. The molecular weight excluding hydrogens is 452 g/mol. The minimum absolute atomic E-state index is 0.250. The first-order valence-electron chi connectivity index (χ1n) is 9.89. The lowest BCUT2D eigenvalue weighted by molar-refractivity contribution is -0.119. The molecule has 0 aromatic heterocycles. The maximum atomic E-state index is 12.5. The molecule has 1 amide bonds. The van der Waals surface area contributed by atoms with E-state index in [1.165, 1.54) is 0 Å². The molecule has 164 valence electrons. The molecule has 3 aromatic carbocycles. The Hall–Kier alpha value is -2.22. The van der Waals surface area contributed by atoms with Gasteiger partial charge < -0.3 is 5.32 Å². The van der Waals surface area contributed by atoms with E-state index >= 15 is 0 Å². The van der Waals surface area contributed by atoms with Gasteiger partial charge in [-0.25, -0.2) is 8.42 Å². The van der Waals surface area contributed by atoms with Crippen LogP contribution in [-0.4, -0.2) is 39.4 Å². The molecule has 0 aliphatic carbocycles. The molecule has 0 atom stereocenters. The van der Waals surface area contributed by atoms with Gasteiger partial charge in [-0.05, 0) is 35.3 Å². The summed E-state index contributed by atoms with van der Waals surface area (Å²) in [5.74, 6) is 1.36. The Morgan fingerprint density at radius 3 is 2.52 bits per heavy atom. The first kappa shape index (κ1) is 23.4. The molecule has 31 heavy (non-hydrogen) atoms. The summed E-state index contributed by atoms with van der Waals surface area (Å²) < 4.78 is 26.0. The quantitative estimate of drug-likeness (QED) is 0.431. The largest absolute Gasteiger partial charge is 0.354 e. The fraction of sp³-hybridized carbons (Fsp3) is 0.261. The number of carbonyl (C=O) groups is 1. The van der Waals surface area contributed by atoms with Crippen LogP contribution in [0.25, 0.3) is 10.8 Å². The van der Waals surface area contributed by atoms with Crippen LogP contribution in [-0.2, 0) is 20.6 Å². The molecule has 8 heteroatoms. The standard InChI is InChI=1S/C23H25ClN2O3S2/c1-31(28,29)26(22-13-6-10-18-8-2-4-11-20(18)22)16-23(27)25-14-7-15-30-17-19-9-3-5-12-21(19)24/h2-6,8-13H,7,14-17H2,1H3,(H,25,27). The van der Waals surface area contributed by atoms with Crippen molar-refractivity contribution in [3.05, 3.63) is 77.3 Å². The normalized spacial score (nSPS) is 11.4. The highest BCUT2D eigenvalue weighted by Crippen LogP contribution is 2.28. The van der Waals surface area contributed by atoms with Crippen LogP contribution < -0.4 is 9.62 Å². The van der Waals surface area contributed by atoms with E-state index in [2.05, 4.69) is 5.32 Å². The summed E-state index contributed by atoms with van der Waals surface area (Å²) in [6.45, 7) is 0.237. The van der Waals surface area contributed by atoms with Crippen molar-refractivity contribution in [1.82, 2.24) is 5.32 Å². The van der Waals surface area contributed by atoms with Crippen LogP contribution in [0.5, 0.6) is 0 Å². The lowest BCUT2D eigenvalue weighted by Gasteiger charge is -2.23. The number of halogens is 1. The van der Waals surface area contributed by atoms with Crippen molar-refractivity contribution in [1.29, 1.82) is 0 Å². The summed E-state index contributed by atoms with van der Waals surface area (Å²) in [6.07, 6.45) is 1.90. The Kier molecular flexibility index (Phi) is 8.23. The smallest absolute Gasteiger partial charge is 0.240 e. The predicted octanol–water partition coefficient (Wildman–Crippen LogP) is 4.70. The van der Waals surface area contributed by atoms with Gasteiger partial charge in [0.15, 0.2) is 0 Å². The maximum absolute atomic E-state index is 12.5. The van der Waals surface area contributed by atoms with Crippen molar-refractivity contribution < 1.29 is 13.2 Å². The maximum Gasteiger partial charge on any atom is 0.240 e. The second-order valence-corrected chi connectivity index (χ2v) is 10.5. The minimum Gasteiger partial charge on any atom is -0.354 e. The van der Waals surface area contributed by atoms with Gasteiger partial charge in [-0.2, -0.15) is 11.8 Å². The molecule has 3 rings (SSSR count). The third kappa shape index (κ3) is 6.63. The molecule has 0 heterocycles. The van der Waals surface area contributed by atoms with Gasteiger partial charge in [-0.1, -0.05) is 66.2 Å². The molecule has 0 saturated heterocycles. The Balaban J connectivity index is 1.53. The summed E-state index contributed by atoms with van der Waals surface area (Å²) in [4.78, 5) is 12.5. The van der Waals surface area contributed by atoms with E-state index in [4.69, 9.17) is 11.6 Å². The van der Waals surface area contributed by atoms with E-state index in [-0.39, 0.29) is 12.5 Å². The number of benzene rings is 3. The Bertz CT molecular complexity index is 1150. The van der Waals surface area contributed by atoms with Gasteiger partial charge in [-0.15, -0.1) is 0 Å². The molecule has 0 bridgehead atoms. The number of nitrogens with one attached hydrogen (secondary N) is 1. The lowest BCUT2D eigenvalue weighted by Crippen LogP contribution is -2.40. The van der Waals surface area contributed by atoms with Crippen molar-refractivity contribution in [2.24, 2.45) is 0 Å². The average Bonchev–Trinajstić information content (AvgIpc) is 2.74. The molecule has 3 aromatic rings. The van der Waals surface area contributed by atoms with Gasteiger partial charge in [0.05, 0.1) is 11.9 Å². The SMILES string of the molecule is CS(=O)(=O)N(CC(=O)NCCCSCc1ccccc1Cl)c1cccc2ccccc12. The summed E-state index contributed by atoms with van der Waals surface area (Å²) in [6, 6.07) is 20.7. The predicted molar refractivity (Wildman–Crippen MR) is 131 cm³/mol. The molecule has 0 fully saturated rings. The van der Waals surface area contributed by atoms with Gasteiger partial charge in [-0.3, -0.25) is 9.10 Å². The van der Waals surface area contributed by atoms with Gasteiger partial charge in [0, 0.05) is 22.7 Å². The third-order valence-corrected chi connectivity index (χ3v) is 7.31. The summed E-state index contributed by atoms with van der Waals surface area (Å²) in [5, 5.41) is 5.30. The van der Waals surface area contributed by atoms with E-state index in [0.29, 0.717) is 12.2 Å². The Labute approximate surface area is 192 Å². The first-order chi connectivity index (χ1) is 14.9. The zero-order valence-electron chi connectivity index (χ0n) is 17.3. The number of hydrogen-bond donors (Lipinski definition) is 1. The number of carbonyl (C=O) groups excluding carboxylic acids is 1. The summed E-state index contributed by atoms with van der Waals surface area (Å²) >= 11 is 7.90. The van der Waals surface area contributed by atoms with Crippen molar-refractivity contribution in [2.75, 3.05) is 29.4 Å². The van der Waals surface area contributed by atoms with Gasteiger partial charge in [0.2, 0.25) is 15.9 Å². The number of sulfonamides is 1. The van der Waals surface area contributed by atoms with E-state index in [0.717, 1.165) is 49.8 Å². The summed E-state index contributed by atoms with van der Waals surface area (Å²) in [7, 11) is -3.62. The van der Waals surface area contributed by atoms with Crippen molar-refractivity contribution >= 4 is 55.8 Å². The molecule has 1 N–H and O–H groups in total. The topological polar surface area (TPSA) is 66.5 Å². The highest BCUT2D eigenvalue weighted by atomic mass is 35.5. The first-order valence-corrected chi connectivity index (χ1v) is 13.3. The van der Waals surface area contributed by atoms with Crippen LogP contribution in [0.15, 0.2) is 66.7 Å². The number of amides is 1. The molecule has 0 unspecified atom stereocenters. The van der Waals surface area contributed by atoms with Crippen molar-refractivity contribution in [3.63, 3.8) is 0 Å². The van der Waals surface area contributed by atoms with Gasteiger partial charge >= 0.3 is 0 Å². The second kappa shape index (κ2) is 10.9. The monoisotopic (exact) mass is 476 g/mol. The number of anilines is 1. The fourth-order valence-electron chi connectivity index (χ4n) is 3.19. The van der Waals surface area contributed by atoms with E-state index in [1.54, 1.807) is 23.9 Å². The van der Waals surface area contributed by atoms with Crippen molar-refractivity contribution in [2.45, 2.75) is 12.2 Å². The molecule has 0 aliphatic rings. The number of nitrogens with zero attached hydrogens (tertiary/aromatic N) is 1. The third-order valence-electron chi connectivity index (χ3n) is 4.73. The van der Waals surface area contributed by atoms with Crippen LogP contribution in [0.4, 0.5) is 5.69 Å². The Morgan fingerprint density at radius 1 is 1.03 bits per heavy atom. The molecule has 0 aliphatic heterocycles. The number of thioether (sulfide) groups is 1. The highest BCUT2D eigenvalue weighted by Gasteiger charge is 2.22. The van der Waals surface area contributed by atoms with E-state index in [1.807, 2.05) is 54.6 Å². The number of hydrogen-bond acceptors (Lipinski definition) is 4. The number of rotatable bonds is 10. The molecule has 5 nitrogen and oxygen atoms in total. The van der Waals surface area contributed by atoms with Crippen LogP contribution in [0.1, 0.15) is 12.0 Å². The van der Waals surface area contributed by atoms with E-state index < -0.39 is 10.0 Å². The molecular formula is C23H25ClN2O3S2. The number of fused-ring (bicyclic) bond motifs is 1. The second-order valence-electron chi connectivity index (χ2n) is 7.12. The van der Waals surface area contributed by atoms with Gasteiger partial charge in [0.1, 0.15) is 6.54 Å². The zero-order valence-corrected chi connectivity index (χ0v) is 19.6. The van der Waals surface area contributed by atoms with Crippen molar-refractivity contribution in [3.8, 4) is 0 Å². The average molecular weight is 477 g/mol. The Morgan fingerprint density at radius 2 is 1.74 bits per heavy atom. The van der Waals surface area contributed by atoms with Crippen LogP contribution in [0.3, 0.4) is 0 Å². The minimum atomic E-state index is -3.62. The van der Waals surface area contributed by atoms with Gasteiger partial charge in [0.25, 0.3) is 0 Å². The fourth-order valence-corrected chi connectivity index (χ4v) is 5.31. The van der Waals surface area contributed by atoms with E-state index in [9.17, 15) is 13.2 Å². The van der Waals surface area contributed by atoms with Crippen LogP contribution >= 0.6 is 23.4 Å². The zero-order chi connectivity index (χ0) is 22.3. The molecule has 0 radical (unpaired) electrons. The van der Waals surface area contributed by atoms with Crippen LogP contribution in [0.2, 0.25) is 5.02 Å². The molecule has 0 saturated carbocycles. The lowest BCUT2D eigenvalue weighted by atomic mass is 10.1.